The molecule has 17 heavy (non-hydrogen) atoms. The monoisotopic (exact) mass is 253 g/mol. The average Bonchev–Trinajstić information content (AvgIpc) is 2.77. The van der Waals surface area contributed by atoms with E-state index in [1.165, 1.54) is 30.8 Å². The van der Waals surface area contributed by atoms with Crippen molar-refractivity contribution < 1.29 is 0 Å². The van der Waals surface area contributed by atoms with Gasteiger partial charge in [0, 0.05) is 29.6 Å². The highest BCUT2D eigenvalue weighted by atomic mass is 32.1. The van der Waals surface area contributed by atoms with Gasteiger partial charge in [-0.15, -0.1) is 11.3 Å². The van der Waals surface area contributed by atoms with Crippen molar-refractivity contribution in [2.75, 3.05) is 19.6 Å². The number of aromatic nitrogens is 1. The molecule has 0 saturated carbocycles. The Morgan fingerprint density at radius 1 is 1.59 bits per heavy atom. The highest BCUT2D eigenvalue weighted by Gasteiger charge is 2.30. The summed E-state index contributed by atoms with van der Waals surface area (Å²) in [6.07, 6.45) is 3.94. The van der Waals surface area contributed by atoms with Gasteiger partial charge in [0.15, 0.2) is 0 Å². The Morgan fingerprint density at radius 2 is 2.41 bits per heavy atom. The zero-order valence-corrected chi connectivity index (χ0v) is 11.7. The first kappa shape index (κ1) is 13.0. The molecule has 96 valence electrons. The molecule has 2 heterocycles. The van der Waals surface area contributed by atoms with Gasteiger partial charge in [0.2, 0.25) is 0 Å². The molecule has 2 rings (SSSR count). The molecule has 2 N–H and O–H groups in total. The van der Waals surface area contributed by atoms with Crippen molar-refractivity contribution >= 4 is 11.3 Å². The number of piperidine rings is 1. The molecular weight excluding hydrogens is 230 g/mol. The number of likely N-dealkylation sites (tertiary alicyclic amines) is 1. The average molecular weight is 253 g/mol. The Hall–Kier alpha value is -0.450. The van der Waals surface area contributed by atoms with Crippen LogP contribution in [0.3, 0.4) is 0 Å². The van der Waals surface area contributed by atoms with E-state index in [0.29, 0.717) is 18.5 Å². The number of thiazole rings is 1. The van der Waals surface area contributed by atoms with Gasteiger partial charge in [-0.3, -0.25) is 4.90 Å². The van der Waals surface area contributed by atoms with Crippen molar-refractivity contribution in [3.8, 4) is 0 Å². The minimum absolute atomic E-state index is 0.425. The fourth-order valence-corrected chi connectivity index (χ4v) is 3.80. The number of hydrogen-bond donors (Lipinski definition) is 1. The Morgan fingerprint density at radius 3 is 3.00 bits per heavy atom. The van der Waals surface area contributed by atoms with Crippen molar-refractivity contribution in [3.05, 3.63) is 16.1 Å². The van der Waals surface area contributed by atoms with E-state index >= 15 is 0 Å². The van der Waals surface area contributed by atoms with Crippen molar-refractivity contribution in [3.63, 3.8) is 0 Å². The van der Waals surface area contributed by atoms with E-state index in [1.54, 1.807) is 11.3 Å². The summed E-state index contributed by atoms with van der Waals surface area (Å²) in [5.74, 6) is 0.425. The third kappa shape index (κ3) is 2.87. The summed E-state index contributed by atoms with van der Waals surface area (Å²) in [5.41, 5.74) is 7.13. The van der Waals surface area contributed by atoms with E-state index in [9.17, 15) is 0 Å². The summed E-state index contributed by atoms with van der Waals surface area (Å²) in [4.78, 5) is 7.22. The van der Waals surface area contributed by atoms with E-state index < -0.39 is 0 Å². The summed E-state index contributed by atoms with van der Waals surface area (Å²) < 4.78 is 0. The quantitative estimate of drug-likeness (QED) is 0.896. The lowest BCUT2D eigenvalue weighted by molar-refractivity contribution is 0.134. The fraction of sp³-hybridized carbons (Fsp3) is 0.769. The van der Waals surface area contributed by atoms with E-state index in [-0.39, 0.29) is 0 Å². The topological polar surface area (TPSA) is 42.1 Å². The molecule has 0 amide bonds. The smallest absolute Gasteiger partial charge is 0.0987 e. The van der Waals surface area contributed by atoms with Crippen molar-refractivity contribution in [2.24, 2.45) is 5.73 Å². The summed E-state index contributed by atoms with van der Waals surface area (Å²) >= 11 is 1.77. The number of rotatable bonds is 4. The Kier molecular flexibility index (Phi) is 4.54. The van der Waals surface area contributed by atoms with Crippen LogP contribution in [0.1, 0.15) is 42.8 Å². The predicted molar refractivity (Wildman–Crippen MR) is 73.5 cm³/mol. The summed E-state index contributed by atoms with van der Waals surface area (Å²) in [7, 11) is 0. The zero-order chi connectivity index (χ0) is 12.3. The molecule has 4 heteroatoms. The van der Waals surface area contributed by atoms with Gasteiger partial charge in [-0.1, -0.05) is 13.3 Å². The first-order chi connectivity index (χ1) is 8.26. The van der Waals surface area contributed by atoms with E-state index in [0.717, 1.165) is 12.2 Å². The predicted octanol–water partition coefficient (Wildman–Crippen LogP) is 2.37. The highest BCUT2D eigenvalue weighted by Crippen LogP contribution is 2.31. The lowest BCUT2D eigenvalue weighted by Crippen LogP contribution is -2.45. The Bertz CT molecular complexity index is 350. The second kappa shape index (κ2) is 5.94. The Balaban J connectivity index is 2.16. The van der Waals surface area contributed by atoms with Gasteiger partial charge in [-0.05, 0) is 32.9 Å². The van der Waals surface area contributed by atoms with Crippen molar-refractivity contribution in [1.29, 1.82) is 0 Å². The van der Waals surface area contributed by atoms with Gasteiger partial charge >= 0.3 is 0 Å². The van der Waals surface area contributed by atoms with Crippen LogP contribution in [0.4, 0.5) is 0 Å². The number of likely N-dealkylation sites (N-methyl/N-ethyl adjacent to an activating group) is 1. The van der Waals surface area contributed by atoms with Crippen LogP contribution < -0.4 is 5.73 Å². The molecule has 2 unspecified atom stereocenters. The van der Waals surface area contributed by atoms with Crippen LogP contribution in [0, 0.1) is 6.92 Å². The van der Waals surface area contributed by atoms with Gasteiger partial charge in [0.05, 0.1) is 5.01 Å². The number of aryl methyl sites for hydroxylation is 1. The van der Waals surface area contributed by atoms with Crippen LogP contribution >= 0.6 is 11.3 Å². The fourth-order valence-electron chi connectivity index (χ4n) is 2.83. The molecule has 0 spiro atoms. The third-order valence-corrected chi connectivity index (χ3v) is 4.84. The van der Waals surface area contributed by atoms with Gasteiger partial charge in [0.25, 0.3) is 0 Å². The normalized spacial score (nSPS) is 23.8. The first-order valence-corrected chi connectivity index (χ1v) is 7.50. The molecule has 0 aromatic carbocycles. The minimum atomic E-state index is 0.425. The third-order valence-electron chi connectivity index (χ3n) is 3.74. The van der Waals surface area contributed by atoms with E-state index in [4.69, 9.17) is 5.73 Å². The van der Waals surface area contributed by atoms with Gasteiger partial charge < -0.3 is 5.73 Å². The second-order valence-corrected chi connectivity index (χ2v) is 5.75. The molecule has 0 aliphatic carbocycles. The first-order valence-electron chi connectivity index (χ1n) is 6.62. The van der Waals surface area contributed by atoms with Gasteiger partial charge in [0.1, 0.15) is 0 Å². The zero-order valence-electron chi connectivity index (χ0n) is 10.9. The van der Waals surface area contributed by atoms with Crippen LogP contribution in [0.5, 0.6) is 0 Å². The van der Waals surface area contributed by atoms with E-state index in [1.807, 2.05) is 0 Å². The molecule has 1 aliphatic heterocycles. The van der Waals surface area contributed by atoms with Crippen LogP contribution in [0.25, 0.3) is 0 Å². The van der Waals surface area contributed by atoms with Crippen LogP contribution in [-0.4, -0.2) is 35.6 Å². The van der Waals surface area contributed by atoms with E-state index in [2.05, 4.69) is 29.1 Å². The minimum Gasteiger partial charge on any atom is -0.330 e. The molecule has 0 bridgehead atoms. The molecule has 1 aromatic rings. The molecule has 3 nitrogen and oxygen atoms in total. The molecule has 1 saturated heterocycles. The van der Waals surface area contributed by atoms with Crippen LogP contribution in [0.15, 0.2) is 5.38 Å². The lowest BCUT2D eigenvalue weighted by Gasteiger charge is -2.38. The molecule has 1 aromatic heterocycles. The lowest BCUT2D eigenvalue weighted by atomic mass is 9.90. The van der Waals surface area contributed by atoms with Crippen molar-refractivity contribution in [1.82, 2.24) is 9.88 Å². The number of nitrogens with zero attached hydrogens (tertiary/aromatic N) is 2. The molecule has 2 atom stereocenters. The summed E-state index contributed by atoms with van der Waals surface area (Å²) in [6.45, 7) is 7.38. The van der Waals surface area contributed by atoms with Crippen LogP contribution in [0.2, 0.25) is 0 Å². The standard InChI is InChI=1S/C13H23N3S/c1-3-16-7-5-4-6-12(16)11(8-14)13-15-10(2)9-17-13/h9,11-12H,3-8,14H2,1-2H3. The highest BCUT2D eigenvalue weighted by molar-refractivity contribution is 7.09. The van der Waals surface area contributed by atoms with Crippen molar-refractivity contribution in [2.45, 2.75) is 45.1 Å². The number of hydrogen-bond acceptors (Lipinski definition) is 4. The molecule has 1 aliphatic rings. The maximum atomic E-state index is 6.00. The summed E-state index contributed by atoms with van der Waals surface area (Å²) in [5, 5.41) is 3.37. The second-order valence-electron chi connectivity index (χ2n) is 4.86. The van der Waals surface area contributed by atoms with Gasteiger partial charge in [-0.25, -0.2) is 4.98 Å². The molecule has 1 fully saturated rings. The maximum Gasteiger partial charge on any atom is 0.0987 e. The number of nitrogens with two attached hydrogens (primary N) is 1. The van der Waals surface area contributed by atoms with Gasteiger partial charge in [-0.2, -0.15) is 0 Å². The summed E-state index contributed by atoms with van der Waals surface area (Å²) in [6, 6.07) is 0.601. The Labute approximate surface area is 108 Å². The molecular formula is C13H23N3S. The molecule has 0 radical (unpaired) electrons. The SMILES string of the molecule is CCN1CCCCC1C(CN)c1nc(C)cs1. The largest absolute Gasteiger partial charge is 0.330 e. The maximum absolute atomic E-state index is 6.00. The van der Waals surface area contributed by atoms with Crippen LogP contribution in [-0.2, 0) is 0 Å².